The van der Waals surface area contributed by atoms with E-state index in [1.807, 2.05) is 0 Å². The van der Waals surface area contributed by atoms with Crippen LogP contribution in [0.2, 0.25) is 0 Å². The van der Waals surface area contributed by atoms with Gasteiger partial charge in [-0.1, -0.05) is 5.16 Å². The number of hydrogen-bond donors (Lipinski definition) is 0. The quantitative estimate of drug-likeness (QED) is 0.287. The van der Waals surface area contributed by atoms with Crippen molar-refractivity contribution in [2.45, 2.75) is 33.8 Å². The second-order valence-electron chi connectivity index (χ2n) is 2.87. The van der Waals surface area contributed by atoms with Crippen LogP contribution >= 0.6 is 0 Å². The van der Waals surface area contributed by atoms with Crippen LogP contribution in [0.4, 0.5) is 0 Å². The lowest BCUT2D eigenvalue weighted by atomic mass is 10.3. The Morgan fingerprint density at radius 3 is 2.29 bits per heavy atom. The predicted octanol–water partition coefficient (Wildman–Crippen LogP) is 0.919. The molecule has 5 nitrogen and oxygen atoms in total. The fourth-order valence-corrected chi connectivity index (χ4v) is 0.603. The normalized spacial score (nSPS) is 11.4. The summed E-state index contributed by atoms with van der Waals surface area (Å²) in [6, 6.07) is 0. The van der Waals surface area contributed by atoms with Crippen LogP contribution in [0.5, 0.6) is 0 Å². The van der Waals surface area contributed by atoms with E-state index in [0.717, 1.165) is 0 Å². The number of nitrogens with zero attached hydrogens (tertiary/aromatic N) is 1. The van der Waals surface area contributed by atoms with Gasteiger partial charge in [0, 0.05) is 6.92 Å². The van der Waals surface area contributed by atoms with Crippen molar-refractivity contribution < 1.29 is 19.2 Å². The molecule has 0 aromatic rings. The van der Waals surface area contributed by atoms with Crippen LogP contribution < -0.4 is 0 Å². The van der Waals surface area contributed by atoms with Crippen molar-refractivity contribution in [1.29, 1.82) is 0 Å². The lowest BCUT2D eigenvalue weighted by Gasteiger charge is -2.04. The molecule has 0 spiro atoms. The summed E-state index contributed by atoms with van der Waals surface area (Å²) in [5.74, 6) is -1.22. The van der Waals surface area contributed by atoms with Crippen molar-refractivity contribution in [2.24, 2.45) is 5.16 Å². The number of Topliss-reactive ketones (excluding diaryl/α,β-unsaturated/α-hetero) is 1. The molecule has 0 atom stereocenters. The van der Waals surface area contributed by atoms with Gasteiger partial charge in [-0.05, 0) is 20.8 Å². The van der Waals surface area contributed by atoms with Crippen molar-refractivity contribution in [2.75, 3.05) is 6.61 Å². The number of carbonyl (C=O) groups is 2. The third-order valence-corrected chi connectivity index (χ3v) is 1.16. The minimum absolute atomic E-state index is 0.182. The Morgan fingerprint density at radius 1 is 1.36 bits per heavy atom. The second-order valence-corrected chi connectivity index (χ2v) is 2.87. The summed E-state index contributed by atoms with van der Waals surface area (Å²) >= 11 is 0. The summed E-state index contributed by atoms with van der Waals surface area (Å²) < 4.78 is 4.63. The first-order chi connectivity index (χ1) is 6.49. The summed E-state index contributed by atoms with van der Waals surface area (Å²) in [6.07, 6.45) is -0.182. The molecule has 0 radical (unpaired) electrons. The number of rotatable bonds is 5. The maximum Gasteiger partial charge on any atom is 0.364 e. The summed E-state index contributed by atoms with van der Waals surface area (Å²) in [6.45, 7) is 6.57. The van der Waals surface area contributed by atoms with Gasteiger partial charge in [-0.2, -0.15) is 0 Å². The molecule has 0 saturated carbocycles. The monoisotopic (exact) mass is 201 g/mol. The second kappa shape index (κ2) is 6.12. The highest BCUT2D eigenvalue weighted by Crippen LogP contribution is 1.93. The van der Waals surface area contributed by atoms with Gasteiger partial charge >= 0.3 is 5.97 Å². The van der Waals surface area contributed by atoms with Crippen LogP contribution in [0.3, 0.4) is 0 Å². The number of hydrogen-bond acceptors (Lipinski definition) is 5. The van der Waals surface area contributed by atoms with Crippen LogP contribution in [-0.4, -0.2) is 30.2 Å². The molecular weight excluding hydrogens is 186 g/mol. The molecule has 0 saturated heterocycles. The Labute approximate surface area is 83.1 Å². The summed E-state index contributed by atoms with van der Waals surface area (Å²) in [4.78, 5) is 26.9. The number of ether oxygens (including phenoxy) is 1. The third kappa shape index (κ3) is 4.59. The van der Waals surface area contributed by atoms with Crippen LogP contribution in [0.25, 0.3) is 0 Å². The van der Waals surface area contributed by atoms with Crippen molar-refractivity contribution in [3.8, 4) is 0 Å². The molecule has 0 aliphatic rings. The fraction of sp³-hybridized carbons (Fsp3) is 0.667. The zero-order chi connectivity index (χ0) is 11.1. The smallest absolute Gasteiger partial charge is 0.364 e. The van der Waals surface area contributed by atoms with Gasteiger partial charge in [0.15, 0.2) is 5.78 Å². The Hall–Kier alpha value is -1.39. The first-order valence-corrected chi connectivity index (χ1v) is 4.40. The Balaban J connectivity index is 4.51. The summed E-state index contributed by atoms with van der Waals surface area (Å²) in [7, 11) is 0. The van der Waals surface area contributed by atoms with Crippen molar-refractivity contribution in [3.05, 3.63) is 0 Å². The van der Waals surface area contributed by atoms with Gasteiger partial charge in [0.25, 0.3) is 0 Å². The topological polar surface area (TPSA) is 65.0 Å². The summed E-state index contributed by atoms with van der Waals surface area (Å²) in [5.41, 5.74) is -0.305. The highest BCUT2D eigenvalue weighted by atomic mass is 16.6. The van der Waals surface area contributed by atoms with Crippen LogP contribution in [-0.2, 0) is 19.2 Å². The molecule has 0 unspecified atom stereocenters. The van der Waals surface area contributed by atoms with Crippen LogP contribution in [0.1, 0.15) is 27.7 Å². The fourth-order valence-electron chi connectivity index (χ4n) is 0.603. The Kier molecular flexibility index (Phi) is 5.52. The molecule has 0 N–H and O–H groups in total. The van der Waals surface area contributed by atoms with Crippen molar-refractivity contribution >= 4 is 17.5 Å². The Bertz CT molecular complexity index is 245. The minimum Gasteiger partial charge on any atom is -0.461 e. The SMILES string of the molecule is CCOC(=O)/C(=N/OC(C)C)C(C)=O. The van der Waals surface area contributed by atoms with Crippen LogP contribution in [0, 0.1) is 0 Å². The molecule has 0 rings (SSSR count). The molecule has 0 aliphatic heterocycles. The van der Waals surface area contributed by atoms with Gasteiger partial charge in [-0.3, -0.25) is 4.79 Å². The van der Waals surface area contributed by atoms with Gasteiger partial charge < -0.3 is 9.57 Å². The van der Waals surface area contributed by atoms with Gasteiger partial charge in [0.2, 0.25) is 5.71 Å². The summed E-state index contributed by atoms with van der Waals surface area (Å²) in [5, 5.41) is 3.43. The molecule has 0 aromatic carbocycles. The standard InChI is InChI=1S/C9H15NO4/c1-5-13-9(12)8(7(4)11)10-14-6(2)3/h6H,5H2,1-4H3/b10-8+. The highest BCUT2D eigenvalue weighted by Gasteiger charge is 2.18. The first kappa shape index (κ1) is 12.6. The van der Waals surface area contributed by atoms with Crippen molar-refractivity contribution in [1.82, 2.24) is 0 Å². The van der Waals surface area contributed by atoms with E-state index in [-0.39, 0.29) is 18.4 Å². The highest BCUT2D eigenvalue weighted by molar-refractivity contribution is 6.63. The first-order valence-electron chi connectivity index (χ1n) is 4.40. The predicted molar refractivity (Wildman–Crippen MR) is 51.0 cm³/mol. The molecule has 0 heterocycles. The van der Waals surface area contributed by atoms with E-state index in [1.54, 1.807) is 20.8 Å². The lowest BCUT2D eigenvalue weighted by Crippen LogP contribution is -2.25. The van der Waals surface area contributed by atoms with Gasteiger partial charge in [-0.25, -0.2) is 4.79 Å². The van der Waals surface area contributed by atoms with Gasteiger partial charge in [0.05, 0.1) is 6.61 Å². The maximum atomic E-state index is 11.1. The largest absolute Gasteiger partial charge is 0.461 e. The van der Waals surface area contributed by atoms with E-state index >= 15 is 0 Å². The van der Waals surface area contributed by atoms with Gasteiger partial charge in [0.1, 0.15) is 6.10 Å². The zero-order valence-electron chi connectivity index (χ0n) is 8.86. The zero-order valence-corrected chi connectivity index (χ0v) is 8.86. The van der Waals surface area contributed by atoms with E-state index in [2.05, 4.69) is 9.89 Å². The lowest BCUT2D eigenvalue weighted by molar-refractivity contribution is -0.136. The number of ketones is 1. The number of oxime groups is 1. The molecule has 0 amide bonds. The van der Waals surface area contributed by atoms with Crippen LogP contribution in [0.15, 0.2) is 5.16 Å². The molecule has 0 aromatic heterocycles. The van der Waals surface area contributed by atoms with Crippen molar-refractivity contribution in [3.63, 3.8) is 0 Å². The molecule has 14 heavy (non-hydrogen) atoms. The minimum atomic E-state index is -0.749. The molecule has 5 heteroatoms. The molecule has 0 fully saturated rings. The molecule has 80 valence electrons. The van der Waals surface area contributed by atoms with E-state index in [9.17, 15) is 9.59 Å². The van der Waals surface area contributed by atoms with E-state index < -0.39 is 11.8 Å². The maximum absolute atomic E-state index is 11.1. The molecular formula is C9H15NO4. The molecule has 0 bridgehead atoms. The van der Waals surface area contributed by atoms with E-state index in [4.69, 9.17) is 4.84 Å². The Morgan fingerprint density at radius 2 is 1.93 bits per heavy atom. The average Bonchev–Trinajstić information content (AvgIpc) is 2.03. The van der Waals surface area contributed by atoms with E-state index in [1.165, 1.54) is 6.92 Å². The van der Waals surface area contributed by atoms with Gasteiger partial charge in [-0.15, -0.1) is 0 Å². The third-order valence-electron chi connectivity index (χ3n) is 1.16. The number of carbonyl (C=O) groups excluding carboxylic acids is 2. The molecule has 0 aliphatic carbocycles. The van der Waals surface area contributed by atoms with E-state index in [0.29, 0.717) is 0 Å². The average molecular weight is 201 g/mol. The number of esters is 1.